The van der Waals surface area contributed by atoms with Gasteiger partial charge in [0.1, 0.15) is 0 Å². The summed E-state index contributed by atoms with van der Waals surface area (Å²) < 4.78 is 2.86. The molecule has 0 aromatic heterocycles. The van der Waals surface area contributed by atoms with Gasteiger partial charge in [0.25, 0.3) is 0 Å². The first-order chi connectivity index (χ1) is 21.3. The number of quaternary nitrogens is 2. The van der Waals surface area contributed by atoms with Gasteiger partial charge in [-0.2, -0.15) is 12.0 Å². The Bertz CT molecular complexity index is 499. The molecule has 6 nitrogen and oxygen atoms in total. The summed E-state index contributed by atoms with van der Waals surface area (Å²) in [6.07, 6.45) is 28.0. The van der Waals surface area contributed by atoms with Crippen LogP contribution in [0.4, 0.5) is 0 Å². The zero-order chi connectivity index (χ0) is 34.2. The summed E-state index contributed by atoms with van der Waals surface area (Å²) in [5.74, 6) is 0. The van der Waals surface area contributed by atoms with E-state index in [4.69, 9.17) is 21.6 Å². The van der Waals surface area contributed by atoms with Crippen LogP contribution in [0.15, 0.2) is 0 Å². The van der Waals surface area contributed by atoms with Crippen molar-refractivity contribution in [2.75, 3.05) is 52.4 Å². The fourth-order valence-corrected chi connectivity index (χ4v) is 6.05. The first kappa shape index (κ1) is 49.6. The van der Waals surface area contributed by atoms with Crippen LogP contribution in [-0.2, 0) is 0 Å². The zero-order valence-corrected chi connectivity index (χ0v) is 31.6. The lowest BCUT2D eigenvalue weighted by Gasteiger charge is -2.39. The lowest BCUT2D eigenvalue weighted by Crippen LogP contribution is -2.50. The quantitative estimate of drug-likeness (QED) is 0.0493. The number of nitrogens with zero attached hydrogens (tertiary/aromatic N) is 4. The van der Waals surface area contributed by atoms with E-state index in [1.165, 1.54) is 190 Å². The van der Waals surface area contributed by atoms with Crippen LogP contribution in [0, 0.1) is 10.8 Å². The highest BCUT2D eigenvalue weighted by Crippen LogP contribution is 2.18. The summed E-state index contributed by atoms with van der Waals surface area (Å²) in [5.41, 5.74) is 0. The van der Waals surface area contributed by atoms with Crippen molar-refractivity contribution in [2.24, 2.45) is 0 Å². The van der Waals surface area contributed by atoms with E-state index in [1.807, 2.05) is 0 Å². The second-order valence-electron chi connectivity index (χ2n) is 12.9. The highest BCUT2D eigenvalue weighted by molar-refractivity contribution is 5.39. The summed E-state index contributed by atoms with van der Waals surface area (Å²) in [5, 5.41) is 25.0. The van der Waals surface area contributed by atoms with Crippen LogP contribution >= 0.6 is 0 Å². The number of nitrogens with one attached hydrogen (secondary N) is 2. The van der Waals surface area contributed by atoms with Crippen molar-refractivity contribution in [2.45, 2.75) is 184 Å². The van der Waals surface area contributed by atoms with Gasteiger partial charge >= 0.3 is 0 Å². The van der Waals surface area contributed by atoms with Crippen molar-refractivity contribution in [3.63, 3.8) is 0 Å². The van der Waals surface area contributed by atoms with E-state index in [1.54, 1.807) is 0 Å². The third-order valence-corrected chi connectivity index (χ3v) is 8.89. The summed E-state index contributed by atoms with van der Waals surface area (Å²) in [7, 11) is 0. The van der Waals surface area contributed by atoms with E-state index < -0.39 is 0 Å². The molecule has 264 valence electrons. The van der Waals surface area contributed by atoms with Gasteiger partial charge in [-0.15, -0.1) is 0 Å². The van der Waals surface area contributed by atoms with E-state index in [0.29, 0.717) is 0 Å². The summed E-state index contributed by atoms with van der Waals surface area (Å²) in [6.45, 7) is 30.1. The molecule has 0 unspecified atom stereocenters. The standard InChI is InChI=1S/2C18H40N.2CHN2/c2*1-5-9-13-14-18-19(15-10-6-2,16-11-7-3)17-12-8-4;2*2-1-3/h2*5-18H2,1-4H3;2*2H/q2*+1;2*-1. The van der Waals surface area contributed by atoms with Gasteiger partial charge in [-0.1, -0.05) is 120 Å². The Morgan fingerprint density at radius 3 is 0.636 bits per heavy atom. The SMILES string of the molecule is CCCCCC[N+](CCCC)(CCCC)CCCC.CCCCCC[N+](CCCC)(CCCC)CCCC.[N-]=C=N.[N-]=C=N. The topological polar surface area (TPSA) is 92.3 Å². The van der Waals surface area contributed by atoms with Gasteiger partial charge in [0.15, 0.2) is 0 Å². The van der Waals surface area contributed by atoms with Crippen molar-refractivity contribution in [1.29, 1.82) is 10.8 Å². The molecule has 0 aliphatic rings. The maximum atomic E-state index is 6.99. The van der Waals surface area contributed by atoms with E-state index >= 15 is 0 Å². The van der Waals surface area contributed by atoms with Crippen LogP contribution in [0.25, 0.3) is 10.8 Å². The van der Waals surface area contributed by atoms with Gasteiger partial charge in [0.2, 0.25) is 0 Å². The van der Waals surface area contributed by atoms with E-state index in [0.717, 1.165) is 12.0 Å². The van der Waals surface area contributed by atoms with E-state index in [9.17, 15) is 0 Å². The highest BCUT2D eigenvalue weighted by Gasteiger charge is 2.26. The van der Waals surface area contributed by atoms with Gasteiger partial charge in [0, 0.05) is 0 Å². The zero-order valence-electron chi connectivity index (χ0n) is 31.6. The number of rotatable bonds is 28. The molecule has 6 heteroatoms. The maximum Gasteiger partial charge on any atom is 0.0786 e. The molecular formula is C38H82N6. The molecule has 0 aliphatic carbocycles. The van der Waals surface area contributed by atoms with Crippen LogP contribution in [0.2, 0.25) is 0 Å². The van der Waals surface area contributed by atoms with Crippen molar-refractivity contribution in [3.8, 4) is 0 Å². The lowest BCUT2D eigenvalue weighted by atomic mass is 10.1. The maximum absolute atomic E-state index is 6.99. The third kappa shape index (κ3) is 35.2. The van der Waals surface area contributed by atoms with Gasteiger partial charge in [0.05, 0.1) is 52.4 Å². The lowest BCUT2D eigenvalue weighted by molar-refractivity contribution is -0.929. The predicted octanol–water partition coefficient (Wildman–Crippen LogP) is 12.2. The van der Waals surface area contributed by atoms with Gasteiger partial charge in [-0.05, 0) is 64.2 Å². The average molecular weight is 623 g/mol. The molecule has 0 heterocycles. The molecule has 0 rings (SSSR count). The van der Waals surface area contributed by atoms with Crippen molar-refractivity contribution >= 4 is 12.0 Å². The molecule has 0 spiro atoms. The third-order valence-electron chi connectivity index (χ3n) is 8.89. The van der Waals surface area contributed by atoms with E-state index in [-0.39, 0.29) is 0 Å². The Morgan fingerprint density at radius 2 is 0.477 bits per heavy atom. The fourth-order valence-electron chi connectivity index (χ4n) is 6.05. The predicted molar refractivity (Wildman–Crippen MR) is 199 cm³/mol. The molecule has 0 amide bonds. The van der Waals surface area contributed by atoms with Crippen LogP contribution in [0.1, 0.15) is 184 Å². The molecule has 0 bridgehead atoms. The molecular weight excluding hydrogens is 540 g/mol. The fraction of sp³-hybridized carbons (Fsp3) is 0.947. The molecule has 2 N–H and O–H groups in total. The minimum absolute atomic E-state index is 1.00. The van der Waals surface area contributed by atoms with Gasteiger partial charge < -0.3 is 30.6 Å². The van der Waals surface area contributed by atoms with Gasteiger partial charge in [-0.3, -0.25) is 0 Å². The molecule has 0 saturated heterocycles. The number of unbranched alkanes of at least 4 members (excludes halogenated alkanes) is 12. The van der Waals surface area contributed by atoms with E-state index in [2.05, 4.69) is 55.4 Å². The average Bonchev–Trinajstić information content (AvgIpc) is 3.03. The van der Waals surface area contributed by atoms with Gasteiger partial charge in [-0.25, -0.2) is 0 Å². The highest BCUT2D eigenvalue weighted by atomic mass is 15.4. The first-order valence-corrected chi connectivity index (χ1v) is 19.1. The Labute approximate surface area is 278 Å². The van der Waals surface area contributed by atoms with Crippen molar-refractivity contribution in [1.82, 2.24) is 0 Å². The number of hydrogen-bond acceptors (Lipinski definition) is 2. The smallest absolute Gasteiger partial charge is 0.0786 e. The summed E-state index contributed by atoms with van der Waals surface area (Å²) in [4.78, 5) is 0. The second-order valence-corrected chi connectivity index (χ2v) is 12.9. The summed E-state index contributed by atoms with van der Waals surface area (Å²) in [6, 6.07) is 2.00. The first-order valence-electron chi connectivity index (χ1n) is 19.1. The van der Waals surface area contributed by atoms with Crippen LogP contribution in [0.3, 0.4) is 0 Å². The Morgan fingerprint density at radius 1 is 0.318 bits per heavy atom. The minimum atomic E-state index is 1.00. The monoisotopic (exact) mass is 623 g/mol. The molecule has 44 heavy (non-hydrogen) atoms. The molecule has 0 aliphatic heterocycles. The number of hydrogen-bond donors (Lipinski definition) is 2. The van der Waals surface area contributed by atoms with Crippen LogP contribution in [-0.4, -0.2) is 73.3 Å². The molecule has 0 aromatic rings. The molecule has 0 atom stereocenters. The summed E-state index contributed by atoms with van der Waals surface area (Å²) >= 11 is 0. The van der Waals surface area contributed by atoms with Crippen LogP contribution in [0.5, 0.6) is 0 Å². The molecule has 0 aromatic carbocycles. The Balaban J connectivity index is -0.000000308. The normalized spacial score (nSPS) is 10.7. The van der Waals surface area contributed by atoms with Crippen molar-refractivity contribution < 1.29 is 8.97 Å². The van der Waals surface area contributed by atoms with Crippen molar-refractivity contribution in [3.05, 3.63) is 10.8 Å². The Hall–Kier alpha value is -1.32. The Kier molecular flexibility index (Phi) is 46.9. The van der Waals surface area contributed by atoms with Crippen LogP contribution < -0.4 is 0 Å². The molecule has 0 saturated carbocycles. The molecule has 0 fully saturated rings. The largest absolute Gasteiger partial charge is 0.447 e. The minimum Gasteiger partial charge on any atom is -0.447 e. The molecule has 0 radical (unpaired) electrons. The second kappa shape index (κ2) is 41.7.